The lowest BCUT2D eigenvalue weighted by Crippen LogP contribution is -2.47. The van der Waals surface area contributed by atoms with Crippen LogP contribution in [-0.2, 0) is 10.0 Å². The molecule has 3 N–H and O–H groups in total. The van der Waals surface area contributed by atoms with Gasteiger partial charge in [-0.15, -0.1) is 0 Å². The van der Waals surface area contributed by atoms with Gasteiger partial charge in [-0.2, -0.15) is 0 Å². The van der Waals surface area contributed by atoms with Gasteiger partial charge in [0.1, 0.15) is 0 Å². The molecule has 1 aliphatic rings. The maximum Gasteiger partial charge on any atom is 0.317 e. The summed E-state index contributed by atoms with van der Waals surface area (Å²) in [4.78, 5) is 12.7. The number of carbonyl (C=O) groups is 1. The van der Waals surface area contributed by atoms with Gasteiger partial charge >= 0.3 is 6.03 Å². The average Bonchev–Trinajstić information content (AvgIpc) is 2.15. The molecule has 14 heavy (non-hydrogen) atoms. The highest BCUT2D eigenvalue weighted by molar-refractivity contribution is 7.89. The molecule has 0 saturated carbocycles. The van der Waals surface area contributed by atoms with Gasteiger partial charge in [0.05, 0.1) is 5.25 Å². The standard InChI is InChI=1S/C7H15N3O3S/c1-9-7(11)10-4-2-6(3-5-10)14(8,12)13/h6H,2-5H2,1H3,(H,9,11)(H2,8,12,13). The number of piperidine rings is 1. The van der Waals surface area contributed by atoms with Gasteiger partial charge in [-0.1, -0.05) is 0 Å². The molecule has 0 atom stereocenters. The predicted molar refractivity (Wildman–Crippen MR) is 52.2 cm³/mol. The molecule has 0 unspecified atom stereocenters. The van der Waals surface area contributed by atoms with E-state index in [1.54, 1.807) is 11.9 Å². The third-order valence-corrected chi connectivity index (χ3v) is 3.81. The largest absolute Gasteiger partial charge is 0.341 e. The maximum absolute atomic E-state index is 11.2. The van der Waals surface area contributed by atoms with E-state index in [0.717, 1.165) is 0 Å². The number of sulfonamides is 1. The number of rotatable bonds is 1. The Morgan fingerprint density at radius 1 is 1.43 bits per heavy atom. The van der Waals surface area contributed by atoms with E-state index in [1.165, 1.54) is 0 Å². The van der Waals surface area contributed by atoms with Crippen molar-refractivity contribution in [1.29, 1.82) is 0 Å². The lowest BCUT2D eigenvalue weighted by atomic mass is 10.1. The molecule has 0 radical (unpaired) electrons. The highest BCUT2D eigenvalue weighted by Gasteiger charge is 2.28. The van der Waals surface area contributed by atoms with Gasteiger partial charge in [0, 0.05) is 20.1 Å². The molecule has 1 aliphatic heterocycles. The Bertz CT molecular complexity index is 306. The highest BCUT2D eigenvalue weighted by atomic mass is 32.2. The summed E-state index contributed by atoms with van der Waals surface area (Å²) in [7, 11) is -1.89. The Balaban J connectivity index is 2.51. The zero-order valence-electron chi connectivity index (χ0n) is 8.06. The number of urea groups is 1. The summed E-state index contributed by atoms with van der Waals surface area (Å²) < 4.78 is 22.0. The zero-order chi connectivity index (χ0) is 10.8. The molecule has 1 rings (SSSR count). The van der Waals surface area contributed by atoms with Crippen molar-refractivity contribution in [1.82, 2.24) is 10.2 Å². The number of carbonyl (C=O) groups excluding carboxylic acids is 1. The number of nitrogens with one attached hydrogen (secondary N) is 1. The molecule has 7 heteroatoms. The van der Waals surface area contributed by atoms with Crippen LogP contribution in [0.25, 0.3) is 0 Å². The molecule has 1 heterocycles. The first-order valence-electron chi connectivity index (χ1n) is 4.43. The van der Waals surface area contributed by atoms with Gasteiger partial charge in [0.2, 0.25) is 10.0 Å². The minimum absolute atomic E-state index is 0.169. The molecule has 0 aliphatic carbocycles. The van der Waals surface area contributed by atoms with Gasteiger partial charge in [-0.25, -0.2) is 18.4 Å². The Morgan fingerprint density at radius 3 is 2.29 bits per heavy atom. The first kappa shape index (κ1) is 11.3. The number of nitrogens with two attached hydrogens (primary N) is 1. The van der Waals surface area contributed by atoms with E-state index in [-0.39, 0.29) is 6.03 Å². The van der Waals surface area contributed by atoms with Crippen molar-refractivity contribution in [3.63, 3.8) is 0 Å². The monoisotopic (exact) mass is 221 g/mol. The Labute approximate surface area is 83.5 Å². The van der Waals surface area contributed by atoms with Gasteiger partial charge in [0.15, 0.2) is 0 Å². The number of amides is 2. The maximum atomic E-state index is 11.2. The fourth-order valence-corrected chi connectivity index (χ4v) is 2.41. The van der Waals surface area contributed by atoms with Crippen LogP contribution < -0.4 is 10.5 Å². The minimum atomic E-state index is -3.44. The molecule has 1 saturated heterocycles. The Hall–Kier alpha value is -0.820. The van der Waals surface area contributed by atoms with Crippen LogP contribution in [0.3, 0.4) is 0 Å². The van der Waals surface area contributed by atoms with Crippen molar-refractivity contribution >= 4 is 16.1 Å². The summed E-state index contributed by atoms with van der Waals surface area (Å²) in [5.41, 5.74) is 0. The van der Waals surface area contributed by atoms with Crippen LogP contribution in [0, 0.1) is 0 Å². The number of primary sulfonamides is 1. The van der Waals surface area contributed by atoms with Crippen LogP contribution in [-0.4, -0.2) is 44.7 Å². The zero-order valence-corrected chi connectivity index (χ0v) is 8.88. The predicted octanol–water partition coefficient (Wildman–Crippen LogP) is -0.921. The minimum Gasteiger partial charge on any atom is -0.341 e. The van der Waals surface area contributed by atoms with Crippen LogP contribution in [0.5, 0.6) is 0 Å². The molecule has 0 spiro atoms. The lowest BCUT2D eigenvalue weighted by Gasteiger charge is -2.30. The molecule has 0 aromatic carbocycles. The van der Waals surface area contributed by atoms with Crippen molar-refractivity contribution in [3.8, 4) is 0 Å². The second-order valence-corrected chi connectivity index (χ2v) is 5.18. The Kier molecular flexibility index (Phi) is 3.33. The summed E-state index contributed by atoms with van der Waals surface area (Å²) in [6.45, 7) is 0.890. The fourth-order valence-electron chi connectivity index (χ4n) is 1.55. The van der Waals surface area contributed by atoms with E-state index < -0.39 is 15.3 Å². The van der Waals surface area contributed by atoms with E-state index >= 15 is 0 Å². The van der Waals surface area contributed by atoms with Crippen molar-refractivity contribution in [2.24, 2.45) is 5.14 Å². The van der Waals surface area contributed by atoms with E-state index in [2.05, 4.69) is 5.32 Å². The third kappa shape index (κ3) is 2.58. The van der Waals surface area contributed by atoms with Gasteiger partial charge in [-0.3, -0.25) is 0 Å². The first-order chi connectivity index (χ1) is 6.45. The second-order valence-electron chi connectivity index (χ2n) is 3.33. The molecule has 6 nitrogen and oxygen atoms in total. The van der Waals surface area contributed by atoms with Crippen molar-refractivity contribution < 1.29 is 13.2 Å². The van der Waals surface area contributed by atoms with Gasteiger partial charge in [0.25, 0.3) is 0 Å². The topological polar surface area (TPSA) is 92.5 Å². The molecule has 2 amide bonds. The number of hydrogen-bond donors (Lipinski definition) is 2. The molecule has 0 aromatic rings. The summed E-state index contributed by atoms with van der Waals surface area (Å²) in [5.74, 6) is 0. The summed E-state index contributed by atoms with van der Waals surface area (Å²) in [6, 6.07) is -0.169. The summed E-state index contributed by atoms with van der Waals surface area (Å²) in [5, 5.41) is 7.02. The van der Waals surface area contributed by atoms with Crippen molar-refractivity contribution in [2.45, 2.75) is 18.1 Å². The molecule has 82 valence electrons. The summed E-state index contributed by atoms with van der Waals surface area (Å²) in [6.07, 6.45) is 0.846. The van der Waals surface area contributed by atoms with E-state index in [1.807, 2.05) is 0 Å². The smallest absolute Gasteiger partial charge is 0.317 e. The third-order valence-electron chi connectivity index (χ3n) is 2.41. The molecule has 0 aromatic heterocycles. The van der Waals surface area contributed by atoms with Crippen LogP contribution in [0.15, 0.2) is 0 Å². The average molecular weight is 221 g/mol. The molecular formula is C7H15N3O3S. The number of likely N-dealkylation sites (tertiary alicyclic amines) is 1. The fraction of sp³-hybridized carbons (Fsp3) is 0.857. The van der Waals surface area contributed by atoms with Crippen LogP contribution in [0.2, 0.25) is 0 Å². The van der Waals surface area contributed by atoms with E-state index in [9.17, 15) is 13.2 Å². The molecule has 0 bridgehead atoms. The van der Waals surface area contributed by atoms with E-state index in [0.29, 0.717) is 25.9 Å². The SMILES string of the molecule is CNC(=O)N1CCC(S(N)(=O)=O)CC1. The van der Waals surface area contributed by atoms with E-state index in [4.69, 9.17) is 5.14 Å². The Morgan fingerprint density at radius 2 is 1.93 bits per heavy atom. The van der Waals surface area contributed by atoms with Crippen LogP contribution >= 0.6 is 0 Å². The molecule has 1 fully saturated rings. The first-order valence-corrected chi connectivity index (χ1v) is 6.04. The normalized spacial score (nSPS) is 19.4. The van der Waals surface area contributed by atoms with Crippen molar-refractivity contribution in [3.05, 3.63) is 0 Å². The number of hydrogen-bond acceptors (Lipinski definition) is 3. The van der Waals surface area contributed by atoms with Gasteiger partial charge in [-0.05, 0) is 12.8 Å². The number of nitrogens with zero attached hydrogens (tertiary/aromatic N) is 1. The second kappa shape index (κ2) is 4.14. The van der Waals surface area contributed by atoms with Crippen LogP contribution in [0.1, 0.15) is 12.8 Å². The quantitative estimate of drug-likeness (QED) is 0.599. The highest BCUT2D eigenvalue weighted by Crippen LogP contribution is 2.15. The lowest BCUT2D eigenvalue weighted by molar-refractivity contribution is 0.189. The van der Waals surface area contributed by atoms with Crippen LogP contribution in [0.4, 0.5) is 4.79 Å². The molecular weight excluding hydrogens is 206 g/mol. The van der Waals surface area contributed by atoms with Gasteiger partial charge < -0.3 is 10.2 Å². The summed E-state index contributed by atoms with van der Waals surface area (Å²) >= 11 is 0. The van der Waals surface area contributed by atoms with Crippen molar-refractivity contribution in [2.75, 3.05) is 20.1 Å².